The summed E-state index contributed by atoms with van der Waals surface area (Å²) in [7, 11) is -3.13. The number of quaternary nitrogens is 1. The number of carboxylic acids is 1. The average molecular weight is 309 g/mol. The Morgan fingerprint density at radius 3 is 2.57 bits per heavy atom. The van der Waals surface area contributed by atoms with Gasteiger partial charge in [-0.3, -0.25) is 0 Å². The Kier molecular flexibility index (Phi) is 3.53. The van der Waals surface area contributed by atoms with E-state index in [4.69, 9.17) is 0 Å². The third kappa shape index (κ3) is 2.58. The van der Waals surface area contributed by atoms with Gasteiger partial charge in [0, 0.05) is 11.5 Å². The number of likely N-dealkylation sites (tertiary alicyclic amines) is 1. The highest BCUT2D eigenvalue weighted by molar-refractivity contribution is 7.91. The second kappa shape index (κ2) is 5.10. The van der Waals surface area contributed by atoms with Crippen molar-refractivity contribution in [1.82, 2.24) is 0 Å². The van der Waals surface area contributed by atoms with E-state index in [9.17, 15) is 18.3 Å². The van der Waals surface area contributed by atoms with Crippen molar-refractivity contribution in [3.8, 4) is 0 Å². The van der Waals surface area contributed by atoms with Gasteiger partial charge in [0.15, 0.2) is 9.84 Å². The normalized spacial score (nSPS) is 37.3. The fraction of sp³-hybridized carbons (Fsp3) is 0.533. The molecule has 3 rings (SSSR count). The Morgan fingerprint density at radius 1 is 1.29 bits per heavy atom. The molecule has 2 heterocycles. The molecule has 1 aromatic rings. The molecule has 1 aromatic carbocycles. The zero-order valence-corrected chi connectivity index (χ0v) is 12.7. The van der Waals surface area contributed by atoms with Gasteiger partial charge in [0.1, 0.15) is 18.3 Å². The molecule has 1 unspecified atom stereocenters. The molecule has 0 bridgehead atoms. The summed E-state index contributed by atoms with van der Waals surface area (Å²) in [5.74, 6) is -2.02. The van der Waals surface area contributed by atoms with Crippen molar-refractivity contribution in [2.75, 3.05) is 11.5 Å². The van der Waals surface area contributed by atoms with Gasteiger partial charge in [-0.2, -0.15) is 0 Å². The van der Waals surface area contributed by atoms with E-state index in [2.05, 4.69) is 0 Å². The van der Waals surface area contributed by atoms with Gasteiger partial charge in [-0.15, -0.1) is 0 Å². The molecule has 5 nitrogen and oxygen atoms in total. The first kappa shape index (κ1) is 14.5. The van der Waals surface area contributed by atoms with Crippen LogP contribution in [0.15, 0.2) is 30.3 Å². The summed E-state index contributed by atoms with van der Waals surface area (Å²) in [6, 6.07) is 9.53. The molecule has 0 spiro atoms. The lowest BCUT2D eigenvalue weighted by molar-refractivity contribution is -0.947. The molecule has 1 N–H and O–H groups in total. The molecule has 2 saturated heterocycles. The minimum atomic E-state index is -3.13. The summed E-state index contributed by atoms with van der Waals surface area (Å²) in [6.07, 6.45) is 0. The Bertz CT molecular complexity index is 643. The van der Waals surface area contributed by atoms with E-state index in [1.807, 2.05) is 37.3 Å². The summed E-state index contributed by atoms with van der Waals surface area (Å²) in [4.78, 5) is 12.5. The number of rotatable bonds is 3. The van der Waals surface area contributed by atoms with Gasteiger partial charge < -0.3 is 14.8 Å². The molecule has 2 aliphatic heterocycles. The number of carbonyl (C=O) groups is 1. The molecule has 0 radical (unpaired) electrons. The Balaban J connectivity index is 1.91. The van der Waals surface area contributed by atoms with Crippen molar-refractivity contribution in [1.29, 1.82) is 0 Å². The van der Waals surface area contributed by atoms with Gasteiger partial charge in [-0.1, -0.05) is 30.3 Å². The topological polar surface area (TPSA) is 78.7 Å². The van der Waals surface area contributed by atoms with Crippen molar-refractivity contribution in [3.05, 3.63) is 35.9 Å². The highest BCUT2D eigenvalue weighted by Crippen LogP contribution is 2.31. The fourth-order valence-electron chi connectivity index (χ4n) is 4.05. The summed E-state index contributed by atoms with van der Waals surface area (Å²) < 4.78 is 23.8. The maximum absolute atomic E-state index is 11.9. The van der Waals surface area contributed by atoms with Crippen LogP contribution >= 0.6 is 0 Å². The van der Waals surface area contributed by atoms with E-state index < -0.39 is 21.7 Å². The number of fused-ring (bicyclic) bond motifs is 1. The quantitative estimate of drug-likeness (QED) is 0.718. The summed E-state index contributed by atoms with van der Waals surface area (Å²) in [6.45, 7) is 2.55. The van der Waals surface area contributed by atoms with E-state index >= 15 is 0 Å². The first-order chi connectivity index (χ1) is 9.89. The standard InChI is InChI=1S/C15H19NO4S/c1-10-14(15(17)18)12-8-21(19,20)9-13(12)16(10)7-11-5-3-2-4-6-11/h2-6,10,12-14H,7-9H2,1H3,(H,17,18)/t10-,12-,13+,14+/m1/s1. The molecule has 114 valence electrons. The zero-order valence-electron chi connectivity index (χ0n) is 11.9. The lowest BCUT2D eigenvalue weighted by Gasteiger charge is -2.26. The van der Waals surface area contributed by atoms with Crippen molar-refractivity contribution < 1.29 is 23.2 Å². The number of nitrogens with one attached hydrogen (secondary N) is 1. The highest BCUT2D eigenvalue weighted by atomic mass is 32.2. The molecule has 21 heavy (non-hydrogen) atoms. The lowest BCUT2D eigenvalue weighted by atomic mass is 9.90. The second-order valence-electron chi connectivity index (χ2n) is 6.22. The first-order valence-electron chi connectivity index (χ1n) is 7.20. The molecule has 0 aromatic heterocycles. The average Bonchev–Trinajstić information content (AvgIpc) is 2.83. The molecule has 0 aliphatic carbocycles. The Morgan fingerprint density at radius 2 is 1.95 bits per heavy atom. The molecular formula is C15H19NO4S. The molecule has 6 heteroatoms. The van der Waals surface area contributed by atoms with Crippen LogP contribution in [0.5, 0.6) is 0 Å². The monoisotopic (exact) mass is 309 g/mol. The van der Waals surface area contributed by atoms with E-state index in [0.29, 0.717) is 6.54 Å². The summed E-state index contributed by atoms with van der Waals surface area (Å²) in [5.41, 5.74) is 1.10. The van der Waals surface area contributed by atoms with Crippen molar-refractivity contribution >= 4 is 15.8 Å². The minimum absolute atomic E-state index is 0.0149. The Hall–Kier alpha value is -1.40. The minimum Gasteiger partial charge on any atom is -0.550 e. The number of benzene rings is 1. The lowest BCUT2D eigenvalue weighted by Crippen LogP contribution is -3.16. The van der Waals surface area contributed by atoms with Crippen LogP contribution in [-0.2, 0) is 21.2 Å². The molecule has 0 saturated carbocycles. The van der Waals surface area contributed by atoms with Crippen LogP contribution in [0.4, 0.5) is 0 Å². The summed E-state index contributed by atoms with van der Waals surface area (Å²) >= 11 is 0. The number of carbonyl (C=O) groups excluding carboxylic acids is 1. The summed E-state index contributed by atoms with van der Waals surface area (Å²) in [5, 5.41) is 11.4. The zero-order chi connectivity index (χ0) is 15.2. The predicted octanol–water partition coefficient (Wildman–Crippen LogP) is -1.75. The number of carboxylic acid groups (broad SMARTS) is 1. The highest BCUT2D eigenvalue weighted by Gasteiger charge is 2.57. The van der Waals surface area contributed by atoms with Gasteiger partial charge in [0.25, 0.3) is 0 Å². The fourth-order valence-corrected chi connectivity index (χ4v) is 6.22. The molecule has 5 atom stereocenters. The Labute approximate surface area is 124 Å². The predicted molar refractivity (Wildman–Crippen MR) is 75.0 cm³/mol. The number of hydrogen-bond acceptors (Lipinski definition) is 4. The number of aliphatic carboxylic acids is 1. The molecule has 0 amide bonds. The van der Waals surface area contributed by atoms with Gasteiger partial charge in [0.2, 0.25) is 0 Å². The number of sulfone groups is 1. The number of hydrogen-bond donors (Lipinski definition) is 1. The maximum atomic E-state index is 11.9. The SMILES string of the molecule is C[C@@H]1[C@H](C(=O)[O-])[C@@H]2CS(=O)(=O)C[C@@H]2[NH+]1Cc1ccccc1. The third-order valence-corrected chi connectivity index (χ3v) is 6.74. The van der Waals surface area contributed by atoms with Crippen LogP contribution in [0.1, 0.15) is 12.5 Å². The first-order valence-corrected chi connectivity index (χ1v) is 9.02. The van der Waals surface area contributed by atoms with Gasteiger partial charge >= 0.3 is 0 Å². The van der Waals surface area contributed by atoms with Crippen LogP contribution in [0.2, 0.25) is 0 Å². The van der Waals surface area contributed by atoms with E-state index in [-0.39, 0.29) is 29.5 Å². The van der Waals surface area contributed by atoms with Gasteiger partial charge in [-0.05, 0) is 6.92 Å². The third-order valence-electron chi connectivity index (χ3n) is 4.98. The smallest absolute Gasteiger partial charge is 0.156 e. The van der Waals surface area contributed by atoms with E-state index in [1.165, 1.54) is 0 Å². The van der Waals surface area contributed by atoms with Crippen LogP contribution in [-0.4, -0.2) is 38.0 Å². The van der Waals surface area contributed by atoms with Crippen molar-refractivity contribution in [2.24, 2.45) is 11.8 Å². The van der Waals surface area contributed by atoms with E-state index in [1.54, 1.807) is 0 Å². The molecular weight excluding hydrogens is 290 g/mol. The van der Waals surface area contributed by atoms with E-state index in [0.717, 1.165) is 10.5 Å². The van der Waals surface area contributed by atoms with Crippen LogP contribution < -0.4 is 10.0 Å². The van der Waals surface area contributed by atoms with Gasteiger partial charge in [-0.25, -0.2) is 8.42 Å². The molecule has 2 aliphatic rings. The second-order valence-corrected chi connectivity index (χ2v) is 8.37. The van der Waals surface area contributed by atoms with Gasteiger partial charge in [0.05, 0.1) is 23.7 Å². The van der Waals surface area contributed by atoms with Crippen LogP contribution in [0.3, 0.4) is 0 Å². The van der Waals surface area contributed by atoms with Crippen molar-refractivity contribution in [2.45, 2.75) is 25.6 Å². The van der Waals surface area contributed by atoms with Crippen molar-refractivity contribution in [3.63, 3.8) is 0 Å². The van der Waals surface area contributed by atoms with Crippen LogP contribution in [0, 0.1) is 11.8 Å². The van der Waals surface area contributed by atoms with Crippen LogP contribution in [0.25, 0.3) is 0 Å². The largest absolute Gasteiger partial charge is 0.550 e. The maximum Gasteiger partial charge on any atom is 0.156 e. The molecule has 2 fully saturated rings.